The molecule has 2 aromatic carbocycles. The van der Waals surface area contributed by atoms with Crippen molar-refractivity contribution in [3.05, 3.63) is 70.2 Å². The van der Waals surface area contributed by atoms with Gasteiger partial charge in [0.2, 0.25) is 0 Å². The quantitative estimate of drug-likeness (QED) is 0.804. The van der Waals surface area contributed by atoms with Gasteiger partial charge in [0.05, 0.1) is 12.6 Å². The molecule has 0 amide bonds. The van der Waals surface area contributed by atoms with E-state index < -0.39 is 5.72 Å². The number of ether oxygens (including phenoxy) is 1. The zero-order chi connectivity index (χ0) is 16.0. The topological polar surface area (TPSA) is 29.5 Å². The SMILES string of the molecule is C[C@@H]1CN2CC(=O)Cc3ccc(Cl)cc3[C@]2(c2ccccc2)O1. The summed E-state index contributed by atoms with van der Waals surface area (Å²) in [6, 6.07) is 15.9. The molecule has 118 valence electrons. The first-order valence-corrected chi connectivity index (χ1v) is 8.26. The van der Waals surface area contributed by atoms with Crippen LogP contribution < -0.4 is 0 Å². The Kier molecular flexibility index (Phi) is 3.52. The van der Waals surface area contributed by atoms with E-state index in [4.69, 9.17) is 16.3 Å². The van der Waals surface area contributed by atoms with Gasteiger partial charge in [0.25, 0.3) is 0 Å². The lowest BCUT2D eigenvalue weighted by Gasteiger charge is -2.37. The Morgan fingerprint density at radius 2 is 2.00 bits per heavy atom. The summed E-state index contributed by atoms with van der Waals surface area (Å²) in [4.78, 5) is 14.6. The summed E-state index contributed by atoms with van der Waals surface area (Å²) in [7, 11) is 0. The second-order valence-corrected chi connectivity index (χ2v) is 6.77. The number of carbonyl (C=O) groups is 1. The van der Waals surface area contributed by atoms with E-state index in [-0.39, 0.29) is 11.9 Å². The van der Waals surface area contributed by atoms with Gasteiger partial charge >= 0.3 is 0 Å². The molecule has 2 atom stereocenters. The number of Topliss-reactive ketones (excluding diaryl/α,β-unsaturated/α-hetero) is 1. The van der Waals surface area contributed by atoms with Gasteiger partial charge in [-0.25, -0.2) is 0 Å². The fourth-order valence-corrected chi connectivity index (χ4v) is 3.99. The van der Waals surface area contributed by atoms with Crippen LogP contribution in [0.3, 0.4) is 0 Å². The third-order valence-corrected chi connectivity index (χ3v) is 4.89. The van der Waals surface area contributed by atoms with Gasteiger partial charge in [-0.3, -0.25) is 9.69 Å². The van der Waals surface area contributed by atoms with E-state index in [9.17, 15) is 4.79 Å². The minimum atomic E-state index is -0.729. The van der Waals surface area contributed by atoms with Crippen molar-refractivity contribution in [1.82, 2.24) is 4.90 Å². The monoisotopic (exact) mass is 327 g/mol. The Balaban J connectivity index is 2.02. The van der Waals surface area contributed by atoms with E-state index in [1.54, 1.807) is 0 Å². The summed E-state index contributed by atoms with van der Waals surface area (Å²) in [5.41, 5.74) is 2.31. The third kappa shape index (κ3) is 2.31. The molecule has 2 aromatic rings. The first-order chi connectivity index (χ1) is 11.1. The molecule has 3 nitrogen and oxygen atoms in total. The largest absolute Gasteiger partial charge is 0.347 e. The predicted octanol–water partition coefficient (Wildman–Crippen LogP) is 3.39. The molecular formula is C19H18ClNO2. The summed E-state index contributed by atoms with van der Waals surface area (Å²) < 4.78 is 6.46. The van der Waals surface area contributed by atoms with Crippen molar-refractivity contribution in [2.24, 2.45) is 0 Å². The zero-order valence-electron chi connectivity index (χ0n) is 13.0. The molecule has 1 saturated heterocycles. The highest BCUT2D eigenvalue weighted by atomic mass is 35.5. The number of ketones is 1. The lowest BCUT2D eigenvalue weighted by atomic mass is 9.89. The van der Waals surface area contributed by atoms with Crippen molar-refractivity contribution in [3.8, 4) is 0 Å². The number of rotatable bonds is 1. The van der Waals surface area contributed by atoms with Crippen LogP contribution in [0.25, 0.3) is 0 Å². The van der Waals surface area contributed by atoms with Gasteiger partial charge in [-0.05, 0) is 24.6 Å². The Hall–Kier alpha value is -1.68. The molecule has 0 N–H and O–H groups in total. The molecule has 2 heterocycles. The molecule has 0 unspecified atom stereocenters. The molecule has 0 radical (unpaired) electrons. The summed E-state index contributed by atoms with van der Waals surface area (Å²) in [5.74, 6) is 0.212. The number of hydrogen-bond donors (Lipinski definition) is 0. The van der Waals surface area contributed by atoms with Crippen LogP contribution in [0.5, 0.6) is 0 Å². The van der Waals surface area contributed by atoms with E-state index in [2.05, 4.69) is 17.0 Å². The number of halogens is 1. The third-order valence-electron chi connectivity index (χ3n) is 4.65. The van der Waals surface area contributed by atoms with Crippen LogP contribution in [0, 0.1) is 0 Å². The minimum Gasteiger partial charge on any atom is -0.347 e. The number of nitrogens with zero attached hydrogens (tertiary/aromatic N) is 1. The normalized spacial score (nSPS) is 27.4. The molecule has 0 saturated carbocycles. The van der Waals surface area contributed by atoms with E-state index in [0.717, 1.165) is 23.2 Å². The number of carbonyl (C=O) groups excluding carboxylic acids is 1. The van der Waals surface area contributed by atoms with Crippen LogP contribution >= 0.6 is 11.6 Å². The Morgan fingerprint density at radius 1 is 1.22 bits per heavy atom. The second-order valence-electron chi connectivity index (χ2n) is 6.34. The van der Waals surface area contributed by atoms with E-state index >= 15 is 0 Å². The summed E-state index contributed by atoms with van der Waals surface area (Å²) in [6.45, 7) is 3.17. The molecule has 23 heavy (non-hydrogen) atoms. The molecule has 2 aliphatic heterocycles. The van der Waals surface area contributed by atoms with Gasteiger partial charge in [0.1, 0.15) is 0 Å². The molecule has 4 heteroatoms. The van der Waals surface area contributed by atoms with Crippen LogP contribution in [-0.2, 0) is 21.7 Å². The Labute approximate surface area is 140 Å². The molecule has 0 spiro atoms. The van der Waals surface area contributed by atoms with Crippen molar-refractivity contribution in [1.29, 1.82) is 0 Å². The molecule has 1 fully saturated rings. The Morgan fingerprint density at radius 3 is 2.78 bits per heavy atom. The predicted molar refractivity (Wildman–Crippen MR) is 89.5 cm³/mol. The molecule has 0 aromatic heterocycles. The maximum atomic E-state index is 12.4. The van der Waals surface area contributed by atoms with Crippen LogP contribution in [0.4, 0.5) is 0 Å². The number of hydrogen-bond acceptors (Lipinski definition) is 3. The first-order valence-electron chi connectivity index (χ1n) is 7.88. The average Bonchev–Trinajstić information content (AvgIpc) is 2.81. The maximum absolute atomic E-state index is 12.4. The lowest BCUT2D eigenvalue weighted by molar-refractivity contribution is -0.123. The van der Waals surface area contributed by atoms with Crippen molar-refractivity contribution in [2.45, 2.75) is 25.2 Å². The van der Waals surface area contributed by atoms with Crippen LogP contribution in [-0.4, -0.2) is 29.9 Å². The molecule has 4 rings (SSSR count). The van der Waals surface area contributed by atoms with Gasteiger partial charge in [-0.15, -0.1) is 0 Å². The van der Waals surface area contributed by atoms with Gasteiger partial charge in [-0.1, -0.05) is 48.0 Å². The summed E-state index contributed by atoms with van der Waals surface area (Å²) in [5, 5.41) is 0.663. The second kappa shape index (κ2) is 5.45. The molecule has 0 aliphatic carbocycles. The highest BCUT2D eigenvalue weighted by Crippen LogP contribution is 2.46. The summed E-state index contributed by atoms with van der Waals surface area (Å²) >= 11 is 6.28. The summed E-state index contributed by atoms with van der Waals surface area (Å²) in [6.07, 6.45) is 0.475. The highest BCUT2D eigenvalue weighted by Gasteiger charge is 2.51. The van der Waals surface area contributed by atoms with Crippen LogP contribution in [0.1, 0.15) is 23.6 Å². The smallest absolute Gasteiger partial charge is 0.175 e. The fourth-order valence-electron chi connectivity index (χ4n) is 3.82. The van der Waals surface area contributed by atoms with E-state index in [0.29, 0.717) is 18.0 Å². The fraction of sp³-hybridized carbons (Fsp3) is 0.316. The molecular weight excluding hydrogens is 310 g/mol. The van der Waals surface area contributed by atoms with Crippen LogP contribution in [0.2, 0.25) is 5.02 Å². The highest BCUT2D eigenvalue weighted by molar-refractivity contribution is 6.30. The zero-order valence-corrected chi connectivity index (χ0v) is 13.7. The average molecular weight is 328 g/mol. The van der Waals surface area contributed by atoms with Gasteiger partial charge in [0, 0.05) is 29.1 Å². The Bertz CT molecular complexity index is 761. The first kappa shape index (κ1) is 14.9. The number of benzene rings is 2. The van der Waals surface area contributed by atoms with Crippen molar-refractivity contribution in [3.63, 3.8) is 0 Å². The van der Waals surface area contributed by atoms with Crippen LogP contribution in [0.15, 0.2) is 48.5 Å². The number of fused-ring (bicyclic) bond motifs is 3. The van der Waals surface area contributed by atoms with Crippen molar-refractivity contribution >= 4 is 17.4 Å². The van der Waals surface area contributed by atoms with Crippen molar-refractivity contribution in [2.75, 3.05) is 13.1 Å². The van der Waals surface area contributed by atoms with E-state index in [1.165, 1.54) is 0 Å². The molecule has 0 bridgehead atoms. The van der Waals surface area contributed by atoms with Gasteiger partial charge < -0.3 is 4.74 Å². The standard InChI is InChI=1S/C19H18ClNO2/c1-13-11-21-12-17(22)9-14-7-8-16(20)10-18(14)19(21,23-13)15-5-3-2-4-6-15/h2-8,10,13H,9,11-12H2,1H3/t13-,19+/m1/s1. The minimum absolute atomic E-state index is 0.0490. The van der Waals surface area contributed by atoms with Crippen molar-refractivity contribution < 1.29 is 9.53 Å². The lowest BCUT2D eigenvalue weighted by Crippen LogP contribution is -2.44. The molecule has 2 aliphatic rings. The van der Waals surface area contributed by atoms with Gasteiger partial charge in [0.15, 0.2) is 11.5 Å². The van der Waals surface area contributed by atoms with E-state index in [1.807, 2.05) is 43.3 Å². The maximum Gasteiger partial charge on any atom is 0.175 e. The van der Waals surface area contributed by atoms with Gasteiger partial charge in [-0.2, -0.15) is 0 Å².